The van der Waals surface area contributed by atoms with Crippen molar-refractivity contribution in [1.82, 2.24) is 23.5 Å². The fraction of sp³-hybridized carbons (Fsp3) is 0.333. The van der Waals surface area contributed by atoms with E-state index >= 15 is 0 Å². The Balaban J connectivity index is 1.83. The Morgan fingerprint density at radius 3 is 2.75 bits per heavy atom. The Morgan fingerprint density at radius 1 is 1.14 bits per heavy atom. The van der Waals surface area contributed by atoms with Crippen molar-refractivity contribution in [2.45, 2.75) is 26.5 Å². The summed E-state index contributed by atoms with van der Waals surface area (Å²) in [6.07, 6.45) is 9.97. The van der Waals surface area contributed by atoms with Crippen molar-refractivity contribution in [3.8, 4) is 11.3 Å². The zero-order chi connectivity index (χ0) is 19.4. The molecule has 5 rings (SSSR count). The summed E-state index contributed by atoms with van der Waals surface area (Å²) in [5.41, 5.74) is 7.68. The van der Waals surface area contributed by atoms with Crippen LogP contribution in [-0.2, 0) is 29.7 Å². The van der Waals surface area contributed by atoms with Gasteiger partial charge in [0, 0.05) is 43.6 Å². The van der Waals surface area contributed by atoms with Crippen LogP contribution in [0.3, 0.4) is 0 Å². The lowest BCUT2D eigenvalue weighted by Gasteiger charge is -2.15. The van der Waals surface area contributed by atoms with Crippen molar-refractivity contribution < 1.29 is 9.47 Å². The molecule has 0 radical (unpaired) electrons. The third kappa shape index (κ3) is 2.32. The predicted molar refractivity (Wildman–Crippen MR) is 108 cm³/mol. The molecule has 0 unspecified atom stereocenters. The van der Waals surface area contributed by atoms with Gasteiger partial charge in [0.1, 0.15) is 12.6 Å². The van der Waals surface area contributed by atoms with E-state index in [2.05, 4.69) is 43.9 Å². The molecule has 4 aromatic heterocycles. The third-order valence-electron chi connectivity index (χ3n) is 5.63. The Kier molecular flexibility index (Phi) is 3.80. The van der Waals surface area contributed by atoms with Crippen LogP contribution in [0.25, 0.3) is 34.0 Å². The standard InChI is InChI=1S/C21H23N5O2/c1-13-22-9-14-10-23-21-20(26(13)14)8-19(25(21)12-27-3)17-11-24(2)18-6-5-15(28-4)7-16(17)18/h7-11H,5-6,12H2,1-4H3. The Hall–Kier alpha value is -3.06. The normalized spacial score (nSPS) is 13.9. The molecule has 7 heteroatoms. The van der Waals surface area contributed by atoms with Crippen LogP contribution in [0.15, 0.2) is 30.4 Å². The fourth-order valence-corrected chi connectivity index (χ4v) is 4.30. The minimum absolute atomic E-state index is 0.426. The summed E-state index contributed by atoms with van der Waals surface area (Å²) in [5, 5.41) is 0. The van der Waals surface area contributed by atoms with Gasteiger partial charge in [0.25, 0.3) is 0 Å². The van der Waals surface area contributed by atoms with Gasteiger partial charge in [-0.25, -0.2) is 9.97 Å². The summed E-state index contributed by atoms with van der Waals surface area (Å²) >= 11 is 0. The van der Waals surface area contributed by atoms with Crippen LogP contribution in [0.1, 0.15) is 23.5 Å². The van der Waals surface area contributed by atoms with Crippen molar-refractivity contribution in [1.29, 1.82) is 0 Å². The number of allylic oxidation sites excluding steroid dienone is 1. The summed E-state index contributed by atoms with van der Waals surface area (Å²) in [5.74, 6) is 1.96. The lowest BCUT2D eigenvalue weighted by Crippen LogP contribution is -2.05. The number of aryl methyl sites for hydroxylation is 2. The van der Waals surface area contributed by atoms with Crippen molar-refractivity contribution in [2.24, 2.45) is 7.05 Å². The summed E-state index contributed by atoms with van der Waals surface area (Å²) in [6.45, 7) is 2.44. The molecule has 0 N–H and O–H groups in total. The maximum Gasteiger partial charge on any atom is 0.159 e. The summed E-state index contributed by atoms with van der Waals surface area (Å²) in [6, 6.07) is 2.19. The lowest BCUT2D eigenvalue weighted by molar-refractivity contribution is 0.135. The topological polar surface area (TPSA) is 58.5 Å². The Labute approximate surface area is 162 Å². The lowest BCUT2D eigenvalue weighted by atomic mass is 9.99. The number of aromatic nitrogens is 5. The first-order chi connectivity index (χ1) is 13.6. The number of ether oxygens (including phenoxy) is 2. The van der Waals surface area contributed by atoms with Gasteiger partial charge in [-0.15, -0.1) is 0 Å². The maximum absolute atomic E-state index is 5.54. The molecule has 0 aliphatic heterocycles. The van der Waals surface area contributed by atoms with Gasteiger partial charge in [0.15, 0.2) is 5.65 Å². The molecule has 0 atom stereocenters. The molecule has 0 saturated carbocycles. The van der Waals surface area contributed by atoms with Gasteiger partial charge in [-0.3, -0.25) is 8.97 Å². The van der Waals surface area contributed by atoms with Crippen molar-refractivity contribution in [3.05, 3.63) is 47.5 Å². The number of fused-ring (bicyclic) bond motifs is 4. The van der Waals surface area contributed by atoms with E-state index < -0.39 is 0 Å². The molecule has 7 nitrogen and oxygen atoms in total. The third-order valence-corrected chi connectivity index (χ3v) is 5.63. The maximum atomic E-state index is 5.54. The van der Waals surface area contributed by atoms with Crippen LogP contribution in [0.5, 0.6) is 0 Å². The van der Waals surface area contributed by atoms with Crippen LogP contribution in [-0.4, -0.2) is 37.7 Å². The summed E-state index contributed by atoms with van der Waals surface area (Å²) < 4.78 is 17.6. The van der Waals surface area contributed by atoms with Crippen LogP contribution in [0.2, 0.25) is 0 Å². The van der Waals surface area contributed by atoms with E-state index in [1.807, 2.05) is 19.3 Å². The molecule has 0 aromatic carbocycles. The first-order valence-electron chi connectivity index (χ1n) is 9.36. The molecule has 0 fully saturated rings. The highest BCUT2D eigenvalue weighted by Gasteiger charge is 2.23. The first-order valence-corrected chi connectivity index (χ1v) is 9.36. The molecular formula is C21H23N5O2. The minimum atomic E-state index is 0.426. The van der Waals surface area contributed by atoms with Crippen LogP contribution in [0, 0.1) is 6.92 Å². The highest BCUT2D eigenvalue weighted by molar-refractivity contribution is 5.87. The van der Waals surface area contributed by atoms with Crippen LogP contribution < -0.4 is 0 Å². The highest BCUT2D eigenvalue weighted by Crippen LogP contribution is 2.37. The Morgan fingerprint density at radius 2 is 1.96 bits per heavy atom. The Bertz CT molecular complexity index is 1240. The van der Waals surface area contributed by atoms with E-state index in [-0.39, 0.29) is 0 Å². The van der Waals surface area contributed by atoms with Gasteiger partial charge in [0.05, 0.1) is 42.0 Å². The number of imidazole rings is 1. The molecule has 1 aliphatic carbocycles. The highest BCUT2D eigenvalue weighted by atomic mass is 16.5. The van der Waals surface area contributed by atoms with E-state index in [0.29, 0.717) is 6.73 Å². The van der Waals surface area contributed by atoms with Crippen LogP contribution in [0.4, 0.5) is 0 Å². The molecule has 0 amide bonds. The van der Waals surface area contributed by atoms with E-state index in [1.54, 1.807) is 14.2 Å². The molecule has 4 aromatic rings. The molecule has 0 spiro atoms. The van der Waals surface area contributed by atoms with Gasteiger partial charge in [-0.05, 0) is 25.5 Å². The number of rotatable bonds is 4. The summed E-state index contributed by atoms with van der Waals surface area (Å²) in [4.78, 5) is 9.16. The second-order valence-corrected chi connectivity index (χ2v) is 7.24. The molecule has 144 valence electrons. The summed E-state index contributed by atoms with van der Waals surface area (Å²) in [7, 11) is 5.55. The molecule has 0 saturated heterocycles. The molecule has 4 heterocycles. The molecule has 1 aliphatic rings. The number of hydrogen-bond acceptors (Lipinski definition) is 4. The zero-order valence-electron chi connectivity index (χ0n) is 16.6. The SMILES string of the molecule is COCn1c(-c2cn(C)c3c2C=C(OC)CC3)cc2c1ncc1cnc(C)n12. The van der Waals surface area contributed by atoms with Crippen LogP contribution >= 0.6 is 0 Å². The van der Waals surface area contributed by atoms with Gasteiger partial charge < -0.3 is 14.0 Å². The second-order valence-electron chi connectivity index (χ2n) is 7.24. The predicted octanol–water partition coefficient (Wildman–Crippen LogP) is 3.54. The smallest absolute Gasteiger partial charge is 0.159 e. The molecule has 0 bridgehead atoms. The minimum Gasteiger partial charge on any atom is -0.501 e. The number of nitrogens with zero attached hydrogens (tertiary/aromatic N) is 5. The van der Waals surface area contributed by atoms with Gasteiger partial charge >= 0.3 is 0 Å². The van der Waals surface area contributed by atoms with Gasteiger partial charge in [-0.1, -0.05) is 0 Å². The molecule has 28 heavy (non-hydrogen) atoms. The van der Waals surface area contributed by atoms with Gasteiger partial charge in [0.2, 0.25) is 0 Å². The average molecular weight is 377 g/mol. The monoisotopic (exact) mass is 377 g/mol. The average Bonchev–Trinajstić information content (AvgIpc) is 3.36. The number of methoxy groups -OCH3 is 2. The number of hydrogen-bond donors (Lipinski definition) is 0. The quantitative estimate of drug-likeness (QED) is 0.546. The van der Waals surface area contributed by atoms with E-state index in [1.165, 1.54) is 11.3 Å². The van der Waals surface area contributed by atoms with E-state index in [0.717, 1.165) is 52.4 Å². The first kappa shape index (κ1) is 17.1. The van der Waals surface area contributed by atoms with E-state index in [9.17, 15) is 0 Å². The largest absolute Gasteiger partial charge is 0.501 e. The fourth-order valence-electron chi connectivity index (χ4n) is 4.30. The van der Waals surface area contributed by atoms with Gasteiger partial charge in [-0.2, -0.15) is 0 Å². The van der Waals surface area contributed by atoms with Crippen molar-refractivity contribution in [3.63, 3.8) is 0 Å². The zero-order valence-corrected chi connectivity index (χ0v) is 16.6. The second kappa shape index (κ2) is 6.24. The molecular weight excluding hydrogens is 354 g/mol. The van der Waals surface area contributed by atoms with E-state index in [4.69, 9.17) is 14.5 Å². The van der Waals surface area contributed by atoms with Crippen molar-refractivity contribution >= 4 is 22.8 Å². The van der Waals surface area contributed by atoms with Crippen molar-refractivity contribution in [2.75, 3.05) is 14.2 Å².